The minimum atomic E-state index is 0. The molecule has 0 saturated carbocycles. The molecule has 3 heteroatoms. The molecular formula is C57H76Cl2Zr-4. The molecule has 0 bridgehead atoms. The molecule has 6 aromatic rings. The molecule has 0 N–H and O–H groups in total. The van der Waals surface area contributed by atoms with E-state index in [0.29, 0.717) is 0 Å². The van der Waals surface area contributed by atoms with Crippen molar-refractivity contribution < 1.29 is 51.0 Å². The molecule has 0 aliphatic carbocycles. The van der Waals surface area contributed by atoms with Crippen molar-refractivity contribution in [1.82, 2.24) is 0 Å². The Morgan fingerprint density at radius 2 is 0.633 bits per heavy atom. The summed E-state index contributed by atoms with van der Waals surface area (Å²) in [6, 6.07) is 37.3. The maximum Gasteiger partial charge on any atom is 2.00 e. The van der Waals surface area contributed by atoms with E-state index in [9.17, 15) is 0 Å². The van der Waals surface area contributed by atoms with Gasteiger partial charge in [0.05, 0.1) is 0 Å². The third-order valence-corrected chi connectivity index (χ3v) is 11.2. The Labute approximate surface area is 399 Å². The monoisotopic (exact) mass is 920 g/mol. The van der Waals surface area contributed by atoms with Crippen LogP contribution in [0.1, 0.15) is 164 Å². The van der Waals surface area contributed by atoms with Crippen LogP contribution in [0, 0.1) is 13.8 Å². The van der Waals surface area contributed by atoms with Crippen molar-refractivity contribution in [1.29, 1.82) is 0 Å². The Morgan fingerprint density at radius 1 is 0.383 bits per heavy atom. The summed E-state index contributed by atoms with van der Waals surface area (Å²) in [6.07, 6.45) is 0.750. The molecule has 0 aliphatic heterocycles. The number of hydrogen-bond donors (Lipinski definition) is 0. The molecule has 0 radical (unpaired) electrons. The van der Waals surface area contributed by atoms with Crippen LogP contribution in [-0.2, 0) is 58.7 Å². The molecule has 6 rings (SSSR count). The van der Waals surface area contributed by atoms with Gasteiger partial charge in [0.1, 0.15) is 0 Å². The van der Waals surface area contributed by atoms with E-state index in [1.807, 2.05) is 0 Å². The molecule has 0 amide bonds. The maximum atomic E-state index is 3.38. The van der Waals surface area contributed by atoms with E-state index in [1.54, 1.807) is 0 Å². The fourth-order valence-corrected chi connectivity index (χ4v) is 7.14. The SMILES string of the molecule is CC(C)(C)c1cc(-c2cccc3[cH-]c(C(C)(C)C)cc23)cc(C(C)(C)C)c1.CC(C)(C)c1cc(-c2cccc3[cH-]c(C(C)(C)C)cc23)cc(C(C)(C)C)c1.[CH2-]C[CH2-].[Cl-].[Cl-].[Zr+2]. The molecule has 0 saturated heterocycles. The minimum Gasteiger partial charge on any atom is -1.00 e. The van der Waals surface area contributed by atoms with Gasteiger partial charge in [0.15, 0.2) is 0 Å². The van der Waals surface area contributed by atoms with Crippen LogP contribution in [-0.4, -0.2) is 0 Å². The van der Waals surface area contributed by atoms with Crippen molar-refractivity contribution in [2.24, 2.45) is 0 Å². The quantitative estimate of drug-likeness (QED) is 0.152. The zero-order chi connectivity index (χ0) is 43.1. The third-order valence-electron chi connectivity index (χ3n) is 11.2. The van der Waals surface area contributed by atoms with Gasteiger partial charge < -0.3 is 45.1 Å². The number of rotatable bonds is 2. The van der Waals surface area contributed by atoms with Crippen LogP contribution < -0.4 is 24.8 Å². The summed E-state index contributed by atoms with van der Waals surface area (Å²) in [4.78, 5) is 0. The Morgan fingerprint density at radius 3 is 0.850 bits per heavy atom. The minimum absolute atomic E-state index is 0. The number of fused-ring (bicyclic) bond motifs is 2. The van der Waals surface area contributed by atoms with Crippen LogP contribution >= 0.6 is 0 Å². The molecule has 60 heavy (non-hydrogen) atoms. The van der Waals surface area contributed by atoms with Crippen LogP contribution in [0.4, 0.5) is 0 Å². The van der Waals surface area contributed by atoms with Crippen LogP contribution in [0.25, 0.3) is 43.8 Å². The fourth-order valence-electron chi connectivity index (χ4n) is 7.14. The predicted molar refractivity (Wildman–Crippen MR) is 257 cm³/mol. The largest absolute Gasteiger partial charge is 2.00 e. The van der Waals surface area contributed by atoms with E-state index in [2.05, 4.69) is 236 Å². The van der Waals surface area contributed by atoms with E-state index in [-0.39, 0.29) is 83.5 Å². The first kappa shape index (κ1) is 55.6. The van der Waals surface area contributed by atoms with Gasteiger partial charge in [0, 0.05) is 0 Å². The summed E-state index contributed by atoms with van der Waals surface area (Å²) in [5.41, 5.74) is 14.7. The molecule has 0 fully saturated rings. The zero-order valence-electron chi connectivity index (χ0n) is 40.6. The molecule has 0 unspecified atom stereocenters. The Kier molecular flexibility index (Phi) is 18.9. The van der Waals surface area contributed by atoms with Crippen molar-refractivity contribution in [3.8, 4) is 22.3 Å². The van der Waals surface area contributed by atoms with E-state index in [0.717, 1.165) is 6.42 Å². The van der Waals surface area contributed by atoms with Gasteiger partial charge >= 0.3 is 26.2 Å². The second kappa shape index (κ2) is 20.4. The van der Waals surface area contributed by atoms with Crippen molar-refractivity contribution in [2.75, 3.05) is 0 Å². The van der Waals surface area contributed by atoms with Crippen LogP contribution in [0.2, 0.25) is 0 Å². The van der Waals surface area contributed by atoms with Gasteiger partial charge in [-0.1, -0.05) is 184 Å². The second-order valence-corrected chi connectivity index (χ2v) is 22.6. The Bertz CT molecular complexity index is 2060. The molecule has 0 atom stereocenters. The van der Waals surface area contributed by atoms with Gasteiger partial charge in [0.25, 0.3) is 0 Å². The standard InChI is InChI=1S/2C27H35.C3H6.2ClH.Zr/c2*1-25(2,3)20-14-19(15-21(16-20)26(4,5)6)23-12-10-11-18-13-22(17-24(18)23)27(7,8)9;1-3-2;;;/h2*10-17H,1-9H3;1-3H2;2*1H;/q2*-1;-2;;;+2/p-2. The van der Waals surface area contributed by atoms with E-state index < -0.39 is 0 Å². The molecule has 0 nitrogen and oxygen atoms in total. The summed E-state index contributed by atoms with van der Waals surface area (Å²) in [7, 11) is 0. The summed E-state index contributed by atoms with van der Waals surface area (Å²) >= 11 is 0. The summed E-state index contributed by atoms with van der Waals surface area (Å²) < 4.78 is 0. The van der Waals surface area contributed by atoms with Crippen LogP contribution in [0.5, 0.6) is 0 Å². The number of halogens is 2. The van der Waals surface area contributed by atoms with Crippen LogP contribution in [0.3, 0.4) is 0 Å². The zero-order valence-corrected chi connectivity index (χ0v) is 44.6. The summed E-state index contributed by atoms with van der Waals surface area (Å²) in [5, 5.41) is 5.42. The van der Waals surface area contributed by atoms with Crippen molar-refractivity contribution >= 4 is 21.5 Å². The van der Waals surface area contributed by atoms with Gasteiger partial charge in [-0.25, -0.2) is 0 Å². The molecule has 0 heterocycles. The topological polar surface area (TPSA) is 0 Å². The van der Waals surface area contributed by atoms with E-state index in [1.165, 1.54) is 77.2 Å². The summed E-state index contributed by atoms with van der Waals surface area (Å²) in [5.74, 6) is 0. The maximum absolute atomic E-state index is 3.38. The first-order chi connectivity index (χ1) is 25.9. The molecular weight excluding hydrogens is 847 g/mol. The van der Waals surface area contributed by atoms with Crippen LogP contribution in [0.15, 0.2) is 97.1 Å². The molecule has 0 aliphatic rings. The average Bonchev–Trinajstić information content (AvgIpc) is 3.73. The molecule has 6 aromatic carbocycles. The van der Waals surface area contributed by atoms with E-state index >= 15 is 0 Å². The molecule has 326 valence electrons. The second-order valence-electron chi connectivity index (χ2n) is 22.6. The Hall–Kier alpha value is -2.44. The van der Waals surface area contributed by atoms with Gasteiger partial charge in [-0.2, -0.15) is 12.1 Å². The Balaban J connectivity index is 0.000000538. The normalized spacial score (nSPS) is 12.3. The summed E-state index contributed by atoms with van der Waals surface area (Å²) in [6.45, 7) is 48.2. The van der Waals surface area contributed by atoms with Crippen molar-refractivity contribution in [3.63, 3.8) is 0 Å². The average molecular weight is 923 g/mol. The first-order valence-electron chi connectivity index (χ1n) is 21.3. The van der Waals surface area contributed by atoms with Gasteiger partial charge in [-0.3, -0.25) is 0 Å². The van der Waals surface area contributed by atoms with E-state index in [4.69, 9.17) is 0 Å². The van der Waals surface area contributed by atoms with Gasteiger partial charge in [-0.05, 0) is 65.9 Å². The first-order valence-corrected chi connectivity index (χ1v) is 21.3. The smallest absolute Gasteiger partial charge is 1.00 e. The predicted octanol–water partition coefficient (Wildman–Crippen LogP) is 11.3. The fraction of sp³-hybridized carbons (Fsp3) is 0.439. The third kappa shape index (κ3) is 13.8. The van der Waals surface area contributed by atoms with Crippen molar-refractivity contribution in [2.45, 2.75) is 164 Å². The van der Waals surface area contributed by atoms with Gasteiger partial charge in [0.2, 0.25) is 0 Å². The number of hydrogen-bond acceptors (Lipinski definition) is 0. The molecule has 0 spiro atoms. The number of benzene rings is 4. The van der Waals surface area contributed by atoms with Gasteiger partial charge in [-0.15, -0.1) is 69.1 Å². The molecule has 0 aromatic heterocycles. The van der Waals surface area contributed by atoms with Crippen molar-refractivity contribution in [3.05, 3.63) is 144 Å².